The standard InChI is InChI=1S/C12H14N2OS/c1-8(2)15-10-6-4-3-5-9(10)11-7-14-12(13)16-11/h3-8H,1-2H3,(H2,13,14). The van der Waals surface area contributed by atoms with Crippen molar-refractivity contribution in [2.75, 3.05) is 5.73 Å². The molecule has 0 saturated carbocycles. The lowest BCUT2D eigenvalue weighted by Gasteiger charge is -2.12. The number of para-hydroxylation sites is 1. The number of anilines is 1. The van der Waals surface area contributed by atoms with Gasteiger partial charge in [0.15, 0.2) is 5.13 Å². The molecule has 0 radical (unpaired) electrons. The number of nitrogen functional groups attached to an aromatic ring is 1. The number of thiazole rings is 1. The van der Waals surface area contributed by atoms with E-state index in [1.54, 1.807) is 6.20 Å². The number of nitrogens with two attached hydrogens (primary N) is 1. The largest absolute Gasteiger partial charge is 0.490 e. The number of hydrogen-bond donors (Lipinski definition) is 1. The Balaban J connectivity index is 2.40. The summed E-state index contributed by atoms with van der Waals surface area (Å²) in [4.78, 5) is 5.09. The average Bonchev–Trinajstić information content (AvgIpc) is 2.65. The van der Waals surface area contributed by atoms with E-state index >= 15 is 0 Å². The molecule has 0 fully saturated rings. The summed E-state index contributed by atoms with van der Waals surface area (Å²) in [5.41, 5.74) is 6.68. The van der Waals surface area contributed by atoms with Crippen LogP contribution in [0.25, 0.3) is 10.4 Å². The van der Waals surface area contributed by atoms with Gasteiger partial charge in [-0.3, -0.25) is 0 Å². The summed E-state index contributed by atoms with van der Waals surface area (Å²) in [5.74, 6) is 0.876. The third kappa shape index (κ3) is 2.33. The minimum absolute atomic E-state index is 0.159. The molecule has 3 nitrogen and oxygen atoms in total. The van der Waals surface area contributed by atoms with Crippen molar-refractivity contribution in [3.8, 4) is 16.2 Å². The highest BCUT2D eigenvalue weighted by atomic mass is 32.1. The molecule has 2 rings (SSSR count). The Kier molecular flexibility index (Phi) is 3.10. The summed E-state index contributed by atoms with van der Waals surface area (Å²) in [6.07, 6.45) is 1.94. The highest BCUT2D eigenvalue weighted by Gasteiger charge is 2.09. The van der Waals surface area contributed by atoms with Gasteiger partial charge >= 0.3 is 0 Å². The third-order valence-electron chi connectivity index (χ3n) is 2.04. The van der Waals surface area contributed by atoms with Gasteiger partial charge in [-0.1, -0.05) is 23.5 Å². The van der Waals surface area contributed by atoms with Gasteiger partial charge < -0.3 is 10.5 Å². The van der Waals surface area contributed by atoms with Crippen LogP contribution < -0.4 is 10.5 Å². The van der Waals surface area contributed by atoms with Crippen LogP contribution in [-0.4, -0.2) is 11.1 Å². The highest BCUT2D eigenvalue weighted by molar-refractivity contribution is 7.18. The van der Waals surface area contributed by atoms with Crippen molar-refractivity contribution >= 4 is 16.5 Å². The van der Waals surface area contributed by atoms with E-state index < -0.39 is 0 Å². The van der Waals surface area contributed by atoms with Crippen LogP contribution >= 0.6 is 11.3 Å². The second-order valence-electron chi connectivity index (χ2n) is 3.73. The Bertz CT molecular complexity index is 479. The van der Waals surface area contributed by atoms with Crippen molar-refractivity contribution < 1.29 is 4.74 Å². The molecule has 0 bridgehead atoms. The molecule has 0 amide bonds. The van der Waals surface area contributed by atoms with Crippen LogP contribution in [0.15, 0.2) is 30.5 Å². The molecule has 16 heavy (non-hydrogen) atoms. The zero-order valence-electron chi connectivity index (χ0n) is 9.31. The SMILES string of the molecule is CC(C)Oc1ccccc1-c1cnc(N)s1. The van der Waals surface area contributed by atoms with Gasteiger partial charge in [-0.2, -0.15) is 0 Å². The summed E-state index contributed by atoms with van der Waals surface area (Å²) >= 11 is 1.47. The Hall–Kier alpha value is -1.55. The number of hydrogen-bond acceptors (Lipinski definition) is 4. The second kappa shape index (κ2) is 4.53. The molecular formula is C12H14N2OS. The second-order valence-corrected chi connectivity index (χ2v) is 4.79. The molecule has 4 heteroatoms. The fourth-order valence-electron chi connectivity index (χ4n) is 1.44. The van der Waals surface area contributed by atoms with E-state index in [-0.39, 0.29) is 6.10 Å². The average molecular weight is 234 g/mol. The molecule has 0 atom stereocenters. The molecule has 0 aliphatic rings. The van der Waals surface area contributed by atoms with Crippen molar-refractivity contribution in [1.82, 2.24) is 4.98 Å². The summed E-state index contributed by atoms with van der Waals surface area (Å²) in [6.45, 7) is 4.02. The Morgan fingerprint density at radius 3 is 2.69 bits per heavy atom. The maximum atomic E-state index is 5.75. The van der Waals surface area contributed by atoms with Gasteiger partial charge in [0.05, 0.1) is 11.0 Å². The first kappa shape index (κ1) is 11.0. The Morgan fingerprint density at radius 1 is 1.31 bits per heavy atom. The summed E-state index contributed by atoms with van der Waals surface area (Å²) < 4.78 is 5.75. The van der Waals surface area contributed by atoms with E-state index in [9.17, 15) is 0 Å². The van der Waals surface area contributed by atoms with Crippen LogP contribution in [0.4, 0.5) is 5.13 Å². The topological polar surface area (TPSA) is 48.1 Å². The maximum Gasteiger partial charge on any atom is 0.180 e. The van der Waals surface area contributed by atoms with E-state index in [0.29, 0.717) is 5.13 Å². The minimum Gasteiger partial charge on any atom is -0.490 e. The fourth-order valence-corrected chi connectivity index (χ4v) is 2.15. The smallest absolute Gasteiger partial charge is 0.180 e. The van der Waals surface area contributed by atoms with E-state index in [2.05, 4.69) is 4.98 Å². The third-order valence-corrected chi connectivity index (χ3v) is 2.90. The van der Waals surface area contributed by atoms with Crippen LogP contribution in [0.5, 0.6) is 5.75 Å². The number of ether oxygens (including phenoxy) is 1. The summed E-state index contributed by atoms with van der Waals surface area (Å²) in [6, 6.07) is 7.93. The molecule has 2 aromatic rings. The van der Waals surface area contributed by atoms with Crippen LogP contribution in [0.2, 0.25) is 0 Å². The van der Waals surface area contributed by atoms with Gasteiger partial charge in [-0.15, -0.1) is 0 Å². The lowest BCUT2D eigenvalue weighted by molar-refractivity contribution is 0.243. The molecule has 0 aliphatic heterocycles. The van der Waals surface area contributed by atoms with Crippen molar-refractivity contribution in [2.45, 2.75) is 20.0 Å². The van der Waals surface area contributed by atoms with Crippen molar-refractivity contribution in [3.63, 3.8) is 0 Å². The quantitative estimate of drug-likeness (QED) is 0.887. The van der Waals surface area contributed by atoms with Gasteiger partial charge in [0.1, 0.15) is 5.75 Å². The van der Waals surface area contributed by atoms with Crippen molar-refractivity contribution in [1.29, 1.82) is 0 Å². The van der Waals surface area contributed by atoms with Gasteiger partial charge in [0, 0.05) is 11.8 Å². The number of nitrogens with zero attached hydrogens (tertiary/aromatic N) is 1. The zero-order chi connectivity index (χ0) is 11.5. The lowest BCUT2D eigenvalue weighted by atomic mass is 10.2. The molecule has 0 saturated heterocycles. The first-order valence-corrected chi connectivity index (χ1v) is 5.96. The number of rotatable bonds is 3. The first-order chi connectivity index (χ1) is 7.66. The van der Waals surface area contributed by atoms with E-state index in [4.69, 9.17) is 10.5 Å². The normalized spacial score (nSPS) is 10.7. The monoisotopic (exact) mass is 234 g/mol. The van der Waals surface area contributed by atoms with Crippen LogP contribution in [0.3, 0.4) is 0 Å². The van der Waals surface area contributed by atoms with Gasteiger partial charge in [0.2, 0.25) is 0 Å². The first-order valence-electron chi connectivity index (χ1n) is 5.14. The van der Waals surface area contributed by atoms with Crippen LogP contribution in [0, 0.1) is 0 Å². The lowest BCUT2D eigenvalue weighted by Crippen LogP contribution is -2.06. The van der Waals surface area contributed by atoms with Crippen LogP contribution in [0.1, 0.15) is 13.8 Å². The molecular weight excluding hydrogens is 220 g/mol. The maximum absolute atomic E-state index is 5.75. The number of benzene rings is 1. The minimum atomic E-state index is 0.159. The van der Waals surface area contributed by atoms with E-state index in [1.165, 1.54) is 11.3 Å². The molecule has 0 spiro atoms. The summed E-state index contributed by atoms with van der Waals surface area (Å²) in [7, 11) is 0. The highest BCUT2D eigenvalue weighted by Crippen LogP contribution is 2.34. The predicted molar refractivity (Wildman–Crippen MR) is 67.7 cm³/mol. The van der Waals surface area contributed by atoms with Crippen LogP contribution in [-0.2, 0) is 0 Å². The molecule has 2 N–H and O–H groups in total. The Morgan fingerprint density at radius 2 is 2.06 bits per heavy atom. The Labute approximate surface area is 98.9 Å². The zero-order valence-corrected chi connectivity index (χ0v) is 10.1. The molecule has 0 aliphatic carbocycles. The molecule has 1 aromatic heterocycles. The van der Waals surface area contributed by atoms with Gasteiger partial charge in [-0.05, 0) is 26.0 Å². The van der Waals surface area contributed by atoms with Gasteiger partial charge in [-0.25, -0.2) is 4.98 Å². The fraction of sp³-hybridized carbons (Fsp3) is 0.250. The predicted octanol–water partition coefficient (Wildman–Crippen LogP) is 3.18. The van der Waals surface area contributed by atoms with E-state index in [1.807, 2.05) is 38.1 Å². The number of aromatic nitrogens is 1. The summed E-state index contributed by atoms with van der Waals surface area (Å²) in [5, 5.41) is 0.578. The van der Waals surface area contributed by atoms with Crippen molar-refractivity contribution in [3.05, 3.63) is 30.5 Å². The van der Waals surface area contributed by atoms with Gasteiger partial charge in [0.25, 0.3) is 0 Å². The molecule has 84 valence electrons. The molecule has 0 unspecified atom stereocenters. The van der Waals surface area contributed by atoms with Crippen molar-refractivity contribution in [2.24, 2.45) is 0 Å². The molecule has 1 heterocycles. The molecule has 1 aromatic carbocycles. The van der Waals surface area contributed by atoms with E-state index in [0.717, 1.165) is 16.2 Å².